The molecule has 2 aliphatic heterocycles. The van der Waals surface area contributed by atoms with Gasteiger partial charge in [0.1, 0.15) is 11.5 Å². The molecule has 1 N–H and O–H groups in total. The Balaban J connectivity index is 1.23. The van der Waals surface area contributed by atoms with Crippen LogP contribution in [0.25, 0.3) is 0 Å². The molecule has 0 aliphatic carbocycles. The zero-order valence-corrected chi connectivity index (χ0v) is 15.3. The summed E-state index contributed by atoms with van der Waals surface area (Å²) < 4.78 is 21.7. The van der Waals surface area contributed by atoms with Gasteiger partial charge in [0.25, 0.3) is 0 Å². The maximum Gasteiger partial charge on any atom is 0.231 e. The van der Waals surface area contributed by atoms with Crippen molar-refractivity contribution in [1.29, 1.82) is 0 Å². The van der Waals surface area contributed by atoms with Gasteiger partial charge in [-0.15, -0.1) is 0 Å². The van der Waals surface area contributed by atoms with E-state index in [9.17, 15) is 4.79 Å². The lowest BCUT2D eigenvalue weighted by Gasteiger charge is -2.25. The molecule has 0 aromatic heterocycles. The lowest BCUT2D eigenvalue weighted by Crippen LogP contribution is -2.34. The van der Waals surface area contributed by atoms with E-state index in [4.69, 9.17) is 18.9 Å². The third kappa shape index (κ3) is 4.10. The van der Waals surface area contributed by atoms with Gasteiger partial charge in [0, 0.05) is 24.9 Å². The number of hydrogen-bond donors (Lipinski definition) is 1. The number of benzene rings is 2. The summed E-state index contributed by atoms with van der Waals surface area (Å²) in [4.78, 5) is 12.2. The molecular formula is C21H23NO5. The Kier molecular flexibility index (Phi) is 5.05. The van der Waals surface area contributed by atoms with Gasteiger partial charge in [-0.05, 0) is 42.2 Å². The van der Waals surface area contributed by atoms with Crippen LogP contribution in [0, 0.1) is 5.92 Å². The number of aryl methyl sites for hydroxylation is 1. The number of amides is 1. The summed E-state index contributed by atoms with van der Waals surface area (Å²) in [6.45, 7) is 1.48. The molecule has 2 aliphatic rings. The Morgan fingerprint density at radius 2 is 2.00 bits per heavy atom. The summed E-state index contributed by atoms with van der Waals surface area (Å²) in [6, 6.07) is 11.7. The second-order valence-corrected chi connectivity index (χ2v) is 6.85. The average Bonchev–Trinajstić information content (AvgIpc) is 3.18. The number of ether oxygens (including phenoxy) is 4. The third-order valence-corrected chi connectivity index (χ3v) is 4.92. The monoisotopic (exact) mass is 369 g/mol. The molecule has 1 atom stereocenters. The summed E-state index contributed by atoms with van der Waals surface area (Å²) in [5.74, 6) is 3.51. The van der Waals surface area contributed by atoms with Crippen molar-refractivity contribution < 1.29 is 23.7 Å². The van der Waals surface area contributed by atoms with Crippen molar-refractivity contribution in [3.05, 3.63) is 47.5 Å². The van der Waals surface area contributed by atoms with Gasteiger partial charge in [0.2, 0.25) is 12.7 Å². The summed E-state index contributed by atoms with van der Waals surface area (Å²) in [5, 5.41) is 3.03. The highest BCUT2D eigenvalue weighted by atomic mass is 16.7. The quantitative estimate of drug-likeness (QED) is 0.848. The van der Waals surface area contributed by atoms with Crippen molar-refractivity contribution in [2.45, 2.75) is 19.3 Å². The number of hydrogen-bond acceptors (Lipinski definition) is 5. The van der Waals surface area contributed by atoms with Crippen LogP contribution in [0.4, 0.5) is 0 Å². The van der Waals surface area contributed by atoms with Crippen molar-refractivity contribution >= 4 is 5.91 Å². The minimum absolute atomic E-state index is 0.0493. The first kappa shape index (κ1) is 17.5. The molecule has 0 spiro atoms. The van der Waals surface area contributed by atoms with E-state index in [1.54, 1.807) is 7.11 Å². The van der Waals surface area contributed by atoms with E-state index in [2.05, 4.69) is 5.32 Å². The Hall–Kier alpha value is -2.89. The highest BCUT2D eigenvalue weighted by Gasteiger charge is 2.21. The molecule has 1 amide bonds. The third-order valence-electron chi connectivity index (χ3n) is 4.92. The number of carbonyl (C=O) groups excluding carboxylic acids is 1. The second-order valence-electron chi connectivity index (χ2n) is 6.85. The van der Waals surface area contributed by atoms with Crippen LogP contribution in [0.2, 0.25) is 0 Å². The number of methoxy groups -OCH3 is 1. The molecule has 142 valence electrons. The fraction of sp³-hybridized carbons (Fsp3) is 0.381. The van der Waals surface area contributed by atoms with Crippen molar-refractivity contribution in [1.82, 2.24) is 5.32 Å². The van der Waals surface area contributed by atoms with Crippen molar-refractivity contribution in [3.8, 4) is 23.0 Å². The fourth-order valence-electron chi connectivity index (χ4n) is 3.37. The molecule has 6 nitrogen and oxygen atoms in total. The predicted molar refractivity (Wildman–Crippen MR) is 99.6 cm³/mol. The average molecular weight is 369 g/mol. The van der Waals surface area contributed by atoms with Gasteiger partial charge < -0.3 is 24.3 Å². The first-order chi connectivity index (χ1) is 13.2. The molecular weight excluding hydrogens is 346 g/mol. The summed E-state index contributed by atoms with van der Waals surface area (Å²) in [5.41, 5.74) is 2.22. The van der Waals surface area contributed by atoms with Crippen LogP contribution in [0.15, 0.2) is 36.4 Å². The van der Waals surface area contributed by atoms with E-state index in [0.717, 1.165) is 40.5 Å². The van der Waals surface area contributed by atoms with Crippen LogP contribution in [-0.2, 0) is 17.6 Å². The van der Waals surface area contributed by atoms with Crippen molar-refractivity contribution in [2.24, 2.45) is 5.92 Å². The van der Waals surface area contributed by atoms with Gasteiger partial charge in [-0.3, -0.25) is 4.79 Å². The van der Waals surface area contributed by atoms with Crippen LogP contribution >= 0.6 is 0 Å². The molecule has 2 aromatic rings. The molecule has 6 heteroatoms. The molecule has 0 bridgehead atoms. The summed E-state index contributed by atoms with van der Waals surface area (Å²) in [7, 11) is 1.65. The predicted octanol–water partition coefficient (Wildman–Crippen LogP) is 2.72. The lowest BCUT2D eigenvalue weighted by atomic mass is 9.96. The van der Waals surface area contributed by atoms with Crippen LogP contribution in [0.3, 0.4) is 0 Å². The van der Waals surface area contributed by atoms with Gasteiger partial charge in [-0.2, -0.15) is 0 Å². The topological polar surface area (TPSA) is 66.0 Å². The number of rotatable bonds is 6. The van der Waals surface area contributed by atoms with Gasteiger partial charge in [0.05, 0.1) is 13.7 Å². The first-order valence-corrected chi connectivity index (χ1v) is 9.16. The van der Waals surface area contributed by atoms with Gasteiger partial charge in [0.15, 0.2) is 11.5 Å². The Bertz CT molecular complexity index is 835. The van der Waals surface area contributed by atoms with Crippen LogP contribution in [-0.4, -0.2) is 33.0 Å². The molecule has 2 heterocycles. The second kappa shape index (κ2) is 7.78. The number of nitrogens with one attached hydrogen (secondary N) is 1. The van der Waals surface area contributed by atoms with Gasteiger partial charge in [-0.25, -0.2) is 0 Å². The smallest absolute Gasteiger partial charge is 0.231 e. The van der Waals surface area contributed by atoms with E-state index in [0.29, 0.717) is 26.0 Å². The van der Waals surface area contributed by atoms with Crippen molar-refractivity contribution in [3.63, 3.8) is 0 Å². The maximum absolute atomic E-state index is 12.2. The molecule has 0 saturated heterocycles. The van der Waals surface area contributed by atoms with E-state index in [1.165, 1.54) is 0 Å². The van der Waals surface area contributed by atoms with E-state index < -0.39 is 0 Å². The van der Waals surface area contributed by atoms with Crippen LogP contribution in [0.5, 0.6) is 23.0 Å². The number of fused-ring (bicyclic) bond motifs is 2. The normalized spacial score (nSPS) is 17.0. The highest BCUT2D eigenvalue weighted by molar-refractivity contribution is 5.76. The highest BCUT2D eigenvalue weighted by Crippen LogP contribution is 2.33. The molecule has 27 heavy (non-hydrogen) atoms. The first-order valence-electron chi connectivity index (χ1n) is 9.16. The van der Waals surface area contributed by atoms with Gasteiger partial charge in [-0.1, -0.05) is 12.1 Å². The largest absolute Gasteiger partial charge is 0.497 e. The molecule has 4 rings (SSSR count). The SMILES string of the molecule is COc1ccc2c(c1)OC[C@@H](CNC(=O)CCc1ccc3c(c1)OCO3)C2. The number of carbonyl (C=O) groups is 1. The molecule has 0 saturated carbocycles. The Labute approximate surface area is 158 Å². The zero-order chi connectivity index (χ0) is 18.6. The summed E-state index contributed by atoms with van der Waals surface area (Å²) in [6.07, 6.45) is 2.01. The van der Waals surface area contributed by atoms with E-state index in [1.807, 2.05) is 36.4 Å². The molecule has 0 radical (unpaired) electrons. The standard InChI is InChI=1S/C21H23NO5/c1-24-17-5-4-16-8-15(12-25-19(16)10-17)11-22-21(23)7-3-14-2-6-18-20(9-14)27-13-26-18/h2,4-6,9-10,15H,3,7-8,11-13H2,1H3,(H,22,23)/t15-/m1/s1. The molecule has 2 aromatic carbocycles. The Morgan fingerprint density at radius 3 is 2.89 bits per heavy atom. The van der Waals surface area contributed by atoms with Crippen molar-refractivity contribution in [2.75, 3.05) is 27.1 Å². The zero-order valence-electron chi connectivity index (χ0n) is 15.3. The van der Waals surface area contributed by atoms with E-state index in [-0.39, 0.29) is 18.6 Å². The lowest BCUT2D eigenvalue weighted by molar-refractivity contribution is -0.121. The van der Waals surface area contributed by atoms with Crippen LogP contribution in [0.1, 0.15) is 17.5 Å². The fourth-order valence-corrected chi connectivity index (χ4v) is 3.37. The molecule has 0 unspecified atom stereocenters. The van der Waals surface area contributed by atoms with Crippen LogP contribution < -0.4 is 24.3 Å². The minimum Gasteiger partial charge on any atom is -0.497 e. The molecule has 0 fully saturated rings. The Morgan fingerprint density at radius 1 is 1.11 bits per heavy atom. The van der Waals surface area contributed by atoms with E-state index >= 15 is 0 Å². The minimum atomic E-state index is 0.0493. The summed E-state index contributed by atoms with van der Waals surface area (Å²) >= 11 is 0. The maximum atomic E-state index is 12.2. The van der Waals surface area contributed by atoms with Gasteiger partial charge >= 0.3 is 0 Å².